The highest BCUT2D eigenvalue weighted by Crippen LogP contribution is 2.15. The Balaban J connectivity index is 1.95. The van der Waals surface area contributed by atoms with Crippen molar-refractivity contribution in [1.29, 1.82) is 0 Å². The molecule has 3 nitrogen and oxygen atoms in total. The van der Waals surface area contributed by atoms with Crippen molar-refractivity contribution in [2.75, 3.05) is 27.2 Å². The van der Waals surface area contributed by atoms with Crippen molar-refractivity contribution in [1.82, 2.24) is 4.90 Å². The summed E-state index contributed by atoms with van der Waals surface area (Å²) in [7, 11) is 4.11. The molecular weight excluding hydrogens is 261 g/mol. The second kappa shape index (κ2) is 6.33. The van der Waals surface area contributed by atoms with E-state index >= 15 is 0 Å². The third kappa shape index (κ3) is 3.12. The van der Waals surface area contributed by atoms with Crippen molar-refractivity contribution < 1.29 is 9.39 Å². The van der Waals surface area contributed by atoms with Crippen LogP contribution in [-0.4, -0.2) is 39.1 Å². The molecule has 0 radical (unpaired) electrons. The maximum atomic E-state index is 6.21. The zero-order valence-corrected chi connectivity index (χ0v) is 12.6. The van der Waals surface area contributed by atoms with E-state index in [2.05, 4.69) is 49.3 Å². The van der Waals surface area contributed by atoms with Crippen molar-refractivity contribution in [2.24, 2.45) is 0 Å². The summed E-state index contributed by atoms with van der Waals surface area (Å²) in [6, 6.07) is 16.5. The number of para-hydroxylation sites is 1. The van der Waals surface area contributed by atoms with E-state index in [1.165, 1.54) is 11.0 Å². The second-order valence-electron chi connectivity index (χ2n) is 5.58. The molecular formula is C17H20BNO2. The average molecular weight is 281 g/mol. The molecule has 21 heavy (non-hydrogen) atoms. The number of fused-ring (bicyclic) bond motifs is 2. The van der Waals surface area contributed by atoms with Gasteiger partial charge in [-0.15, -0.1) is 0 Å². The molecule has 4 heteroatoms. The van der Waals surface area contributed by atoms with Crippen LogP contribution >= 0.6 is 0 Å². The molecule has 0 aliphatic carbocycles. The van der Waals surface area contributed by atoms with E-state index in [1.54, 1.807) is 0 Å². The van der Waals surface area contributed by atoms with Gasteiger partial charge in [0.1, 0.15) is 12.4 Å². The van der Waals surface area contributed by atoms with Gasteiger partial charge in [-0.25, -0.2) is 0 Å². The van der Waals surface area contributed by atoms with Gasteiger partial charge in [0.2, 0.25) is 0 Å². The maximum absolute atomic E-state index is 6.21. The highest BCUT2D eigenvalue weighted by Gasteiger charge is 2.29. The summed E-state index contributed by atoms with van der Waals surface area (Å²) in [5, 5.41) is 0. The summed E-state index contributed by atoms with van der Waals surface area (Å²) in [5.41, 5.74) is 3.52. The van der Waals surface area contributed by atoms with Crippen LogP contribution in [0.3, 0.4) is 0 Å². The van der Waals surface area contributed by atoms with Gasteiger partial charge < -0.3 is 14.3 Å². The molecule has 0 aromatic heterocycles. The normalized spacial score (nSPS) is 13.4. The minimum atomic E-state index is -0.0557. The first-order chi connectivity index (χ1) is 10.3. The van der Waals surface area contributed by atoms with Crippen LogP contribution in [-0.2, 0) is 11.3 Å². The molecule has 1 aliphatic heterocycles. The predicted octanol–water partition coefficient (Wildman–Crippen LogP) is 1.26. The Morgan fingerprint density at radius 1 is 1.05 bits per heavy atom. The fourth-order valence-electron chi connectivity index (χ4n) is 2.61. The van der Waals surface area contributed by atoms with Crippen LogP contribution in [0.25, 0.3) is 0 Å². The summed E-state index contributed by atoms with van der Waals surface area (Å²) < 4.78 is 12.1. The van der Waals surface area contributed by atoms with Crippen molar-refractivity contribution in [2.45, 2.75) is 6.61 Å². The molecule has 0 spiro atoms. The van der Waals surface area contributed by atoms with Gasteiger partial charge in [0.05, 0.1) is 0 Å². The van der Waals surface area contributed by atoms with E-state index in [0.29, 0.717) is 13.2 Å². The van der Waals surface area contributed by atoms with Gasteiger partial charge in [-0.2, -0.15) is 0 Å². The number of likely N-dealkylation sites (N-methyl/N-ethyl adjacent to an activating group) is 1. The zero-order valence-electron chi connectivity index (χ0n) is 12.6. The van der Waals surface area contributed by atoms with Gasteiger partial charge in [-0.05, 0) is 36.7 Å². The molecule has 1 heterocycles. The Bertz CT molecular complexity index is 568. The number of hydrogen-bond acceptors (Lipinski definition) is 3. The third-order valence-corrected chi connectivity index (χ3v) is 3.75. The Morgan fingerprint density at radius 3 is 2.57 bits per heavy atom. The highest BCUT2D eigenvalue weighted by molar-refractivity contribution is 6.81. The Kier molecular flexibility index (Phi) is 4.27. The lowest BCUT2D eigenvalue weighted by Crippen LogP contribution is -2.46. The van der Waals surface area contributed by atoms with Gasteiger partial charge in [0.15, 0.2) is 0 Å². The summed E-state index contributed by atoms with van der Waals surface area (Å²) in [6.07, 6.45) is 0. The Hall–Kier alpha value is -1.78. The predicted molar refractivity (Wildman–Crippen MR) is 86.7 cm³/mol. The highest BCUT2D eigenvalue weighted by atomic mass is 16.5. The van der Waals surface area contributed by atoms with Crippen LogP contribution in [0.1, 0.15) is 5.56 Å². The molecule has 0 fully saturated rings. The van der Waals surface area contributed by atoms with Crippen LogP contribution < -0.4 is 15.7 Å². The number of hydrogen-bond donors (Lipinski definition) is 0. The standard InChI is InChI=1S/C17H20BNO2/c1-19(2)11-12-21-18-15-8-4-3-7-14(15)13-20-17-10-6-5-9-16(17)18/h3-10H,11-13H2,1-2H3. The molecule has 1 aliphatic rings. The van der Waals surface area contributed by atoms with E-state index < -0.39 is 0 Å². The van der Waals surface area contributed by atoms with E-state index in [4.69, 9.17) is 9.39 Å². The van der Waals surface area contributed by atoms with Crippen LogP contribution in [0.4, 0.5) is 0 Å². The SMILES string of the molecule is CN(C)CCOB1c2ccccc2COc2ccccc21. The van der Waals surface area contributed by atoms with Crippen LogP contribution in [0.5, 0.6) is 5.75 Å². The van der Waals surface area contributed by atoms with Gasteiger partial charge >= 0.3 is 6.92 Å². The molecule has 0 atom stereocenters. The monoisotopic (exact) mass is 281 g/mol. The van der Waals surface area contributed by atoms with Crippen molar-refractivity contribution >= 4 is 17.8 Å². The number of ether oxygens (including phenoxy) is 1. The molecule has 108 valence electrons. The van der Waals surface area contributed by atoms with Crippen LogP contribution in [0, 0.1) is 0 Å². The van der Waals surface area contributed by atoms with Crippen molar-refractivity contribution in [3.63, 3.8) is 0 Å². The molecule has 2 aromatic carbocycles. The Labute approximate surface area is 126 Å². The van der Waals surface area contributed by atoms with Crippen LogP contribution in [0.2, 0.25) is 0 Å². The quantitative estimate of drug-likeness (QED) is 0.788. The second-order valence-corrected chi connectivity index (χ2v) is 5.58. The summed E-state index contributed by atoms with van der Waals surface area (Å²) >= 11 is 0. The topological polar surface area (TPSA) is 21.7 Å². The van der Waals surface area contributed by atoms with Gasteiger partial charge in [-0.3, -0.25) is 0 Å². The molecule has 3 rings (SSSR count). The summed E-state index contributed by atoms with van der Waals surface area (Å²) in [4.78, 5) is 2.13. The first-order valence-electron chi connectivity index (χ1n) is 7.31. The van der Waals surface area contributed by atoms with Crippen molar-refractivity contribution in [3.05, 3.63) is 54.1 Å². The molecule has 0 unspecified atom stereocenters. The number of rotatable bonds is 4. The minimum Gasteiger partial charge on any atom is -0.489 e. The molecule has 0 amide bonds. The third-order valence-electron chi connectivity index (χ3n) is 3.75. The fraction of sp³-hybridized carbons (Fsp3) is 0.294. The van der Waals surface area contributed by atoms with Gasteiger partial charge in [-0.1, -0.05) is 42.5 Å². The summed E-state index contributed by atoms with van der Waals surface area (Å²) in [6.45, 7) is 2.14. The lowest BCUT2D eigenvalue weighted by atomic mass is 9.54. The lowest BCUT2D eigenvalue weighted by molar-refractivity contribution is 0.269. The molecule has 0 saturated carbocycles. The van der Waals surface area contributed by atoms with Gasteiger partial charge in [0, 0.05) is 13.2 Å². The number of benzene rings is 2. The number of nitrogens with zero attached hydrogens (tertiary/aromatic N) is 1. The van der Waals surface area contributed by atoms with E-state index in [-0.39, 0.29) is 6.92 Å². The maximum Gasteiger partial charge on any atom is 0.365 e. The molecule has 0 bridgehead atoms. The van der Waals surface area contributed by atoms with Gasteiger partial charge in [0.25, 0.3) is 0 Å². The average Bonchev–Trinajstić information content (AvgIpc) is 2.65. The largest absolute Gasteiger partial charge is 0.489 e. The first kappa shape index (κ1) is 14.2. The molecule has 2 aromatic rings. The first-order valence-corrected chi connectivity index (χ1v) is 7.31. The minimum absolute atomic E-state index is 0.0557. The van der Waals surface area contributed by atoms with E-state index in [1.807, 2.05) is 18.2 Å². The van der Waals surface area contributed by atoms with Crippen LogP contribution in [0.15, 0.2) is 48.5 Å². The van der Waals surface area contributed by atoms with Crippen molar-refractivity contribution in [3.8, 4) is 5.75 Å². The summed E-state index contributed by atoms with van der Waals surface area (Å²) in [5.74, 6) is 0.920. The molecule has 0 saturated heterocycles. The Morgan fingerprint density at radius 2 is 1.76 bits per heavy atom. The zero-order chi connectivity index (χ0) is 14.7. The lowest BCUT2D eigenvalue weighted by Gasteiger charge is -2.18. The fourth-order valence-corrected chi connectivity index (χ4v) is 2.61. The van der Waals surface area contributed by atoms with E-state index in [9.17, 15) is 0 Å². The van der Waals surface area contributed by atoms with E-state index in [0.717, 1.165) is 17.8 Å². The molecule has 0 N–H and O–H groups in total. The smallest absolute Gasteiger partial charge is 0.365 e.